The third-order valence-electron chi connectivity index (χ3n) is 7.05. The standard InChI is InChI=1S/C24H31NO4/c1-15(16-7-5-4-6-8-16)25(19-11-12-29-24(2,3)14-19)22(26)20-17-9-10-18(13-17)21(20)23(27)28/h4-10,15,17-21H,11-14H2,1-3H3,(H,27,28)/t15-,17+,18+,19-,20-,21+/m0/s1. The fourth-order valence-corrected chi connectivity index (χ4v) is 5.68. The lowest BCUT2D eigenvalue weighted by molar-refractivity contribution is -0.157. The highest BCUT2D eigenvalue weighted by Gasteiger charge is 2.54. The number of carboxylic acids is 1. The Balaban J connectivity index is 1.69. The number of rotatable bonds is 5. The van der Waals surface area contributed by atoms with Gasteiger partial charge in [0.25, 0.3) is 0 Å². The highest BCUT2D eigenvalue weighted by Crippen LogP contribution is 2.50. The summed E-state index contributed by atoms with van der Waals surface area (Å²) in [6, 6.07) is 9.97. The van der Waals surface area contributed by atoms with Gasteiger partial charge in [-0.25, -0.2) is 0 Å². The Hall–Kier alpha value is -2.14. The van der Waals surface area contributed by atoms with Crippen LogP contribution in [0.4, 0.5) is 0 Å². The number of carboxylic acid groups (broad SMARTS) is 1. The molecule has 0 radical (unpaired) electrons. The Bertz CT molecular complexity index is 802. The maximum Gasteiger partial charge on any atom is 0.307 e. The van der Waals surface area contributed by atoms with Crippen molar-refractivity contribution in [2.24, 2.45) is 23.7 Å². The molecule has 0 unspecified atom stereocenters. The number of allylic oxidation sites excluding steroid dienone is 2. The van der Waals surface area contributed by atoms with Crippen LogP contribution in [0.5, 0.6) is 0 Å². The molecular weight excluding hydrogens is 366 g/mol. The van der Waals surface area contributed by atoms with E-state index in [0.29, 0.717) is 6.61 Å². The summed E-state index contributed by atoms with van der Waals surface area (Å²) in [6.07, 6.45) is 6.37. The summed E-state index contributed by atoms with van der Waals surface area (Å²) in [5, 5.41) is 9.86. The largest absolute Gasteiger partial charge is 0.481 e. The third kappa shape index (κ3) is 3.73. The van der Waals surface area contributed by atoms with E-state index in [1.807, 2.05) is 41.3 Å². The molecule has 5 nitrogen and oxygen atoms in total. The molecule has 4 rings (SSSR count). The second kappa shape index (κ2) is 7.60. The van der Waals surface area contributed by atoms with E-state index in [-0.39, 0.29) is 35.4 Å². The first-order valence-corrected chi connectivity index (χ1v) is 10.7. The van der Waals surface area contributed by atoms with E-state index in [1.54, 1.807) is 0 Å². The molecule has 29 heavy (non-hydrogen) atoms. The van der Waals surface area contributed by atoms with Crippen LogP contribution in [-0.2, 0) is 14.3 Å². The van der Waals surface area contributed by atoms with Gasteiger partial charge in [0.05, 0.1) is 23.5 Å². The quantitative estimate of drug-likeness (QED) is 0.761. The lowest BCUT2D eigenvalue weighted by atomic mass is 9.80. The second-order valence-corrected chi connectivity index (χ2v) is 9.43. The summed E-state index contributed by atoms with van der Waals surface area (Å²) < 4.78 is 5.90. The Kier molecular flexibility index (Phi) is 5.28. The van der Waals surface area contributed by atoms with Crippen LogP contribution in [0, 0.1) is 23.7 Å². The molecular formula is C24H31NO4. The smallest absolute Gasteiger partial charge is 0.307 e. The van der Waals surface area contributed by atoms with E-state index in [1.165, 1.54) is 0 Å². The Morgan fingerprint density at radius 1 is 1.14 bits per heavy atom. The monoisotopic (exact) mass is 397 g/mol. The molecule has 156 valence electrons. The number of carbonyl (C=O) groups is 2. The van der Waals surface area contributed by atoms with E-state index in [4.69, 9.17) is 4.74 Å². The number of benzene rings is 1. The van der Waals surface area contributed by atoms with Crippen LogP contribution < -0.4 is 0 Å². The van der Waals surface area contributed by atoms with E-state index < -0.39 is 17.8 Å². The van der Waals surface area contributed by atoms with Crippen molar-refractivity contribution in [3.8, 4) is 0 Å². The number of aliphatic carboxylic acids is 1. The molecule has 5 heteroatoms. The zero-order chi connectivity index (χ0) is 20.8. The molecule has 2 aliphatic carbocycles. The number of hydrogen-bond donors (Lipinski definition) is 1. The van der Waals surface area contributed by atoms with Crippen LogP contribution in [0.1, 0.15) is 51.6 Å². The maximum absolute atomic E-state index is 14.0. The normalized spacial score (nSPS) is 33.4. The van der Waals surface area contributed by atoms with Gasteiger partial charge in [-0.05, 0) is 57.4 Å². The Morgan fingerprint density at radius 3 is 2.41 bits per heavy atom. The van der Waals surface area contributed by atoms with Gasteiger partial charge in [-0.2, -0.15) is 0 Å². The molecule has 3 aliphatic rings. The molecule has 1 N–H and O–H groups in total. The van der Waals surface area contributed by atoms with Gasteiger partial charge in [0.2, 0.25) is 5.91 Å². The average molecular weight is 398 g/mol. The molecule has 2 bridgehead atoms. The molecule has 2 fully saturated rings. The first-order valence-electron chi connectivity index (χ1n) is 10.7. The number of ether oxygens (including phenoxy) is 1. The van der Waals surface area contributed by atoms with Gasteiger partial charge in [-0.1, -0.05) is 42.5 Å². The summed E-state index contributed by atoms with van der Waals surface area (Å²) in [4.78, 5) is 28.0. The van der Waals surface area contributed by atoms with E-state index in [9.17, 15) is 14.7 Å². The molecule has 1 aliphatic heterocycles. The van der Waals surface area contributed by atoms with Gasteiger partial charge in [0.1, 0.15) is 0 Å². The van der Waals surface area contributed by atoms with Crippen LogP contribution in [0.2, 0.25) is 0 Å². The van der Waals surface area contributed by atoms with Gasteiger partial charge in [0.15, 0.2) is 0 Å². The molecule has 1 aromatic carbocycles. The van der Waals surface area contributed by atoms with Crippen molar-refractivity contribution in [1.29, 1.82) is 0 Å². The topological polar surface area (TPSA) is 66.8 Å². The molecule has 1 heterocycles. The molecule has 0 aromatic heterocycles. The van der Waals surface area contributed by atoms with Gasteiger partial charge < -0.3 is 14.7 Å². The summed E-state index contributed by atoms with van der Waals surface area (Å²) in [5.41, 5.74) is 0.786. The molecule has 1 saturated carbocycles. The van der Waals surface area contributed by atoms with Gasteiger partial charge in [0, 0.05) is 12.6 Å². The van der Waals surface area contributed by atoms with Gasteiger partial charge >= 0.3 is 5.97 Å². The minimum atomic E-state index is -0.847. The number of fused-ring (bicyclic) bond motifs is 2. The zero-order valence-corrected chi connectivity index (χ0v) is 17.5. The van der Waals surface area contributed by atoms with Gasteiger partial charge in [-0.3, -0.25) is 9.59 Å². The predicted molar refractivity (Wildman–Crippen MR) is 110 cm³/mol. The van der Waals surface area contributed by atoms with Crippen molar-refractivity contribution in [1.82, 2.24) is 4.90 Å². The number of carbonyl (C=O) groups excluding carboxylic acids is 1. The summed E-state index contributed by atoms with van der Waals surface area (Å²) in [7, 11) is 0. The SMILES string of the molecule is C[C@@H](c1ccccc1)N(C(=O)[C@@H]1[C@H](C(=O)O)[C@@H]2C=C[C@@H]1C2)[C@H]1CCOC(C)(C)C1. The van der Waals surface area contributed by atoms with Crippen LogP contribution in [-0.4, -0.2) is 40.1 Å². The van der Waals surface area contributed by atoms with Crippen LogP contribution in [0.3, 0.4) is 0 Å². The van der Waals surface area contributed by atoms with Gasteiger partial charge in [-0.15, -0.1) is 0 Å². The van der Waals surface area contributed by atoms with Crippen molar-refractivity contribution >= 4 is 11.9 Å². The second-order valence-electron chi connectivity index (χ2n) is 9.43. The number of nitrogens with zero attached hydrogens (tertiary/aromatic N) is 1. The minimum Gasteiger partial charge on any atom is -0.481 e. The van der Waals surface area contributed by atoms with Crippen LogP contribution in [0.15, 0.2) is 42.5 Å². The third-order valence-corrected chi connectivity index (χ3v) is 7.05. The van der Waals surface area contributed by atoms with Crippen molar-refractivity contribution < 1.29 is 19.4 Å². The molecule has 1 aromatic rings. The summed E-state index contributed by atoms with van der Waals surface area (Å²) >= 11 is 0. The van der Waals surface area contributed by atoms with E-state index in [2.05, 4.69) is 26.8 Å². The molecule has 1 amide bonds. The fraction of sp³-hybridized carbons (Fsp3) is 0.583. The lowest BCUT2D eigenvalue weighted by Gasteiger charge is -2.45. The first kappa shape index (κ1) is 20.1. The fourth-order valence-electron chi connectivity index (χ4n) is 5.68. The first-order chi connectivity index (χ1) is 13.8. The summed E-state index contributed by atoms with van der Waals surface area (Å²) in [5.74, 6) is -1.93. The van der Waals surface area contributed by atoms with Crippen molar-refractivity contribution in [2.75, 3.05) is 6.61 Å². The highest BCUT2D eigenvalue weighted by molar-refractivity contribution is 5.87. The number of hydrogen-bond acceptors (Lipinski definition) is 3. The lowest BCUT2D eigenvalue weighted by Crippen LogP contribution is -2.53. The van der Waals surface area contributed by atoms with Crippen LogP contribution in [0.25, 0.3) is 0 Å². The summed E-state index contributed by atoms with van der Waals surface area (Å²) in [6.45, 7) is 6.81. The van der Waals surface area contributed by atoms with E-state index >= 15 is 0 Å². The maximum atomic E-state index is 14.0. The van der Waals surface area contributed by atoms with Crippen LogP contribution >= 0.6 is 0 Å². The Morgan fingerprint density at radius 2 is 1.79 bits per heavy atom. The number of amides is 1. The molecule has 6 atom stereocenters. The van der Waals surface area contributed by atoms with E-state index in [0.717, 1.165) is 24.8 Å². The minimum absolute atomic E-state index is 0.00620. The molecule has 1 saturated heterocycles. The van der Waals surface area contributed by atoms with Crippen molar-refractivity contribution in [2.45, 2.75) is 57.7 Å². The highest BCUT2D eigenvalue weighted by atomic mass is 16.5. The zero-order valence-electron chi connectivity index (χ0n) is 17.5. The van der Waals surface area contributed by atoms with Crippen molar-refractivity contribution in [3.05, 3.63) is 48.0 Å². The van der Waals surface area contributed by atoms with Crippen molar-refractivity contribution in [3.63, 3.8) is 0 Å². The Labute approximate surface area is 172 Å². The predicted octanol–water partition coefficient (Wildman–Crippen LogP) is 4.06. The molecule has 0 spiro atoms. The average Bonchev–Trinajstić information content (AvgIpc) is 3.29.